The van der Waals surface area contributed by atoms with Crippen molar-refractivity contribution in [3.63, 3.8) is 0 Å². The molecular weight excluding hydrogens is 278 g/mol. The molecule has 2 aromatic heterocycles. The molecule has 3 aromatic rings. The minimum absolute atomic E-state index is 0.563. The Balaban J connectivity index is 1.95. The monoisotopic (exact) mass is 289 g/mol. The Bertz CT molecular complexity index is 799. The van der Waals surface area contributed by atoms with Gasteiger partial charge in [-0.25, -0.2) is 4.98 Å². The molecule has 0 aliphatic heterocycles. The van der Waals surface area contributed by atoms with Crippen molar-refractivity contribution in [3.05, 3.63) is 70.8 Å². The summed E-state index contributed by atoms with van der Waals surface area (Å²) in [5.74, 6) is 0. The van der Waals surface area contributed by atoms with Crippen LogP contribution in [0.3, 0.4) is 0 Å². The van der Waals surface area contributed by atoms with Gasteiger partial charge in [-0.3, -0.25) is 4.98 Å². The fourth-order valence-electron chi connectivity index (χ4n) is 1.91. The molecule has 3 nitrogen and oxygen atoms in total. The second kappa shape index (κ2) is 6.12. The van der Waals surface area contributed by atoms with Crippen LogP contribution in [0, 0.1) is 11.3 Å². The average Bonchev–Trinajstić information content (AvgIpc) is 3.04. The number of allylic oxidation sites excluding steroid dienone is 1. The molecule has 0 saturated heterocycles. The molecule has 1 aromatic carbocycles. The van der Waals surface area contributed by atoms with Crippen LogP contribution in [0.1, 0.15) is 10.6 Å². The fraction of sp³-hybridized carbons (Fsp3) is 0. The first-order valence-corrected chi connectivity index (χ1v) is 7.28. The van der Waals surface area contributed by atoms with Crippen molar-refractivity contribution in [1.82, 2.24) is 9.97 Å². The maximum atomic E-state index is 9.35. The Morgan fingerprint density at radius 3 is 2.57 bits per heavy atom. The van der Waals surface area contributed by atoms with Crippen molar-refractivity contribution in [2.75, 3.05) is 0 Å². The van der Waals surface area contributed by atoms with Crippen molar-refractivity contribution >= 4 is 23.0 Å². The number of thiazole rings is 1. The van der Waals surface area contributed by atoms with E-state index in [1.54, 1.807) is 12.4 Å². The summed E-state index contributed by atoms with van der Waals surface area (Å²) in [6.07, 6.45) is 5.24. The molecule has 0 saturated carbocycles. The lowest BCUT2D eigenvalue weighted by atomic mass is 10.1. The van der Waals surface area contributed by atoms with Crippen LogP contribution in [0.15, 0.2) is 60.2 Å². The lowest BCUT2D eigenvalue weighted by Crippen LogP contribution is -1.83. The molecule has 0 fully saturated rings. The van der Waals surface area contributed by atoms with Gasteiger partial charge >= 0.3 is 0 Å². The smallest absolute Gasteiger partial charge is 0.134 e. The third-order valence-electron chi connectivity index (χ3n) is 2.94. The van der Waals surface area contributed by atoms with E-state index in [-0.39, 0.29) is 0 Å². The van der Waals surface area contributed by atoms with Gasteiger partial charge in [-0.05, 0) is 23.8 Å². The van der Waals surface area contributed by atoms with E-state index in [0.29, 0.717) is 5.57 Å². The van der Waals surface area contributed by atoms with Crippen molar-refractivity contribution in [2.24, 2.45) is 0 Å². The van der Waals surface area contributed by atoms with E-state index < -0.39 is 0 Å². The molecule has 0 atom stereocenters. The van der Waals surface area contributed by atoms with Gasteiger partial charge in [-0.15, -0.1) is 11.3 Å². The molecule has 0 aliphatic carbocycles. The zero-order valence-electron chi connectivity index (χ0n) is 11.1. The largest absolute Gasteiger partial charge is 0.265 e. The Hall–Kier alpha value is -2.77. The summed E-state index contributed by atoms with van der Waals surface area (Å²) in [4.78, 5) is 8.53. The topological polar surface area (TPSA) is 49.6 Å². The maximum Gasteiger partial charge on any atom is 0.134 e. The molecule has 0 amide bonds. The van der Waals surface area contributed by atoms with Gasteiger partial charge in [0, 0.05) is 23.3 Å². The highest BCUT2D eigenvalue weighted by molar-refractivity contribution is 7.11. The molecule has 0 radical (unpaired) electrons. The van der Waals surface area contributed by atoms with Gasteiger partial charge in [0.15, 0.2) is 0 Å². The van der Waals surface area contributed by atoms with E-state index in [0.717, 1.165) is 21.8 Å². The van der Waals surface area contributed by atoms with Gasteiger partial charge < -0.3 is 0 Å². The van der Waals surface area contributed by atoms with Gasteiger partial charge in [-0.1, -0.05) is 30.3 Å². The summed E-state index contributed by atoms with van der Waals surface area (Å²) in [7, 11) is 0. The van der Waals surface area contributed by atoms with Crippen LogP contribution in [0.5, 0.6) is 0 Å². The number of hydrogen-bond donors (Lipinski definition) is 0. The second-order valence-electron chi connectivity index (χ2n) is 4.35. The molecule has 21 heavy (non-hydrogen) atoms. The first kappa shape index (κ1) is 13.2. The Labute approximate surface area is 126 Å². The third kappa shape index (κ3) is 3.04. The average molecular weight is 289 g/mol. The first-order chi connectivity index (χ1) is 10.4. The highest BCUT2D eigenvalue weighted by Gasteiger charge is 2.08. The number of benzene rings is 1. The van der Waals surface area contributed by atoms with Crippen molar-refractivity contribution in [3.8, 4) is 17.3 Å². The summed E-state index contributed by atoms with van der Waals surface area (Å²) in [5.41, 5.74) is 3.46. The van der Waals surface area contributed by atoms with E-state index in [1.807, 2.05) is 53.9 Å². The normalized spacial score (nSPS) is 11.1. The van der Waals surface area contributed by atoms with Gasteiger partial charge in [0.1, 0.15) is 11.1 Å². The number of aromatic nitrogens is 2. The SMILES string of the molecule is N#C/C(=C\c1ccncc1)c1nc(-c2ccccc2)cs1. The summed E-state index contributed by atoms with van der Waals surface area (Å²) < 4.78 is 0. The van der Waals surface area contributed by atoms with Gasteiger partial charge in [0.25, 0.3) is 0 Å². The van der Waals surface area contributed by atoms with E-state index in [9.17, 15) is 5.26 Å². The van der Waals surface area contributed by atoms with Crippen LogP contribution in [0.4, 0.5) is 0 Å². The molecule has 4 heteroatoms. The lowest BCUT2D eigenvalue weighted by molar-refractivity contribution is 1.32. The Morgan fingerprint density at radius 1 is 1.10 bits per heavy atom. The van der Waals surface area contributed by atoms with Crippen LogP contribution in [0.2, 0.25) is 0 Å². The molecule has 2 heterocycles. The van der Waals surface area contributed by atoms with Gasteiger partial charge in [-0.2, -0.15) is 5.26 Å². The molecule has 0 aliphatic rings. The van der Waals surface area contributed by atoms with Gasteiger partial charge in [0.05, 0.1) is 11.3 Å². The summed E-state index contributed by atoms with van der Waals surface area (Å²) in [6.45, 7) is 0. The second-order valence-corrected chi connectivity index (χ2v) is 5.21. The van der Waals surface area contributed by atoms with E-state index in [4.69, 9.17) is 0 Å². The molecule has 3 rings (SSSR count). The predicted molar refractivity (Wildman–Crippen MR) is 85.3 cm³/mol. The van der Waals surface area contributed by atoms with Crippen molar-refractivity contribution in [2.45, 2.75) is 0 Å². The lowest BCUT2D eigenvalue weighted by Gasteiger charge is -1.96. The fourth-order valence-corrected chi connectivity index (χ4v) is 2.70. The highest BCUT2D eigenvalue weighted by atomic mass is 32.1. The minimum atomic E-state index is 0.563. The third-order valence-corrected chi connectivity index (χ3v) is 3.82. The Kier molecular flexibility index (Phi) is 3.85. The van der Waals surface area contributed by atoms with Crippen molar-refractivity contribution < 1.29 is 0 Å². The molecule has 0 spiro atoms. The Morgan fingerprint density at radius 2 is 1.86 bits per heavy atom. The molecule has 0 bridgehead atoms. The first-order valence-electron chi connectivity index (χ1n) is 6.40. The number of pyridine rings is 1. The van der Waals surface area contributed by atoms with E-state index in [2.05, 4.69) is 16.0 Å². The molecule has 0 unspecified atom stereocenters. The van der Waals surface area contributed by atoms with Crippen LogP contribution in [-0.2, 0) is 0 Å². The van der Waals surface area contributed by atoms with E-state index in [1.165, 1.54) is 11.3 Å². The van der Waals surface area contributed by atoms with E-state index >= 15 is 0 Å². The number of nitriles is 1. The molecule has 0 N–H and O–H groups in total. The summed E-state index contributed by atoms with van der Waals surface area (Å²) in [5, 5.41) is 12.1. The van der Waals surface area contributed by atoms with Gasteiger partial charge in [0.2, 0.25) is 0 Å². The predicted octanol–water partition coefficient (Wildman–Crippen LogP) is 4.27. The number of rotatable bonds is 3. The maximum absolute atomic E-state index is 9.35. The summed E-state index contributed by atoms with van der Waals surface area (Å²) in [6, 6.07) is 15.9. The molecule has 100 valence electrons. The quantitative estimate of drug-likeness (QED) is 0.676. The number of nitrogens with zero attached hydrogens (tertiary/aromatic N) is 3. The zero-order chi connectivity index (χ0) is 14.5. The van der Waals surface area contributed by atoms with Crippen LogP contribution in [0.25, 0.3) is 22.9 Å². The summed E-state index contributed by atoms with van der Waals surface area (Å²) >= 11 is 1.48. The standard InChI is InChI=1S/C17H11N3S/c18-11-15(10-13-6-8-19-9-7-13)17-20-16(12-21-17)14-4-2-1-3-5-14/h1-10,12H/b15-10+. The van der Waals surface area contributed by atoms with Crippen LogP contribution < -0.4 is 0 Å². The number of hydrogen-bond acceptors (Lipinski definition) is 4. The minimum Gasteiger partial charge on any atom is -0.265 e. The zero-order valence-corrected chi connectivity index (χ0v) is 11.9. The van der Waals surface area contributed by atoms with Crippen LogP contribution in [-0.4, -0.2) is 9.97 Å². The van der Waals surface area contributed by atoms with Crippen LogP contribution >= 0.6 is 11.3 Å². The molecular formula is C17H11N3S. The van der Waals surface area contributed by atoms with Crippen molar-refractivity contribution in [1.29, 1.82) is 5.26 Å². The highest BCUT2D eigenvalue weighted by Crippen LogP contribution is 2.26.